The summed E-state index contributed by atoms with van der Waals surface area (Å²) in [5.74, 6) is 0. The molecule has 5 aromatic rings. The minimum absolute atomic E-state index is 0.0901. The van der Waals surface area contributed by atoms with E-state index in [1.807, 2.05) is 34.9 Å². The van der Waals surface area contributed by atoms with E-state index < -0.39 is 0 Å². The summed E-state index contributed by atoms with van der Waals surface area (Å²) in [6.07, 6.45) is 13.3. The molecule has 1 N–H and O–H groups in total. The van der Waals surface area contributed by atoms with Gasteiger partial charge in [0.2, 0.25) is 0 Å². The Bertz CT molecular complexity index is 1700. The van der Waals surface area contributed by atoms with E-state index in [2.05, 4.69) is 46.7 Å². The zero-order valence-electron chi connectivity index (χ0n) is 22.1. The lowest BCUT2D eigenvalue weighted by molar-refractivity contribution is 0.345. The van der Waals surface area contributed by atoms with Crippen LogP contribution < -0.4 is 16.4 Å². The van der Waals surface area contributed by atoms with Gasteiger partial charge in [-0.2, -0.15) is 0 Å². The highest BCUT2D eigenvalue weighted by Gasteiger charge is 2.20. The van der Waals surface area contributed by atoms with E-state index in [1.54, 1.807) is 12.5 Å². The molecular weight excluding hydrogens is 528 g/mol. The van der Waals surface area contributed by atoms with Crippen LogP contribution in [0.4, 0.5) is 5.69 Å². The molecule has 0 spiro atoms. The van der Waals surface area contributed by atoms with Gasteiger partial charge in [0.1, 0.15) is 15.9 Å². The topological polar surface area (TPSA) is 94.7 Å². The van der Waals surface area contributed by atoms with Gasteiger partial charge in [0.05, 0.1) is 27.8 Å². The lowest BCUT2D eigenvalue weighted by Gasteiger charge is -2.23. The number of pyridine rings is 1. The Morgan fingerprint density at radius 3 is 2.49 bits per heavy atom. The van der Waals surface area contributed by atoms with E-state index in [4.69, 9.17) is 0 Å². The smallest absolute Gasteiger partial charge is 0.271 e. The van der Waals surface area contributed by atoms with Crippen LogP contribution in [0.15, 0.2) is 69.9 Å². The van der Waals surface area contributed by atoms with Crippen LogP contribution in [0.5, 0.6) is 0 Å². The number of anilines is 1. The van der Waals surface area contributed by atoms with E-state index in [0.717, 1.165) is 57.6 Å². The Balaban J connectivity index is 0.000000169. The van der Waals surface area contributed by atoms with Crippen LogP contribution in [0.25, 0.3) is 26.1 Å². The molecule has 1 aliphatic carbocycles. The number of hydrogen-bond acceptors (Lipinski definition) is 8. The molecular formula is C29H32N6O2S2. The highest BCUT2D eigenvalue weighted by atomic mass is 32.1. The number of hydrogen-bond donors (Lipinski definition) is 2. The third-order valence-electron chi connectivity index (χ3n) is 7.08. The zero-order chi connectivity index (χ0) is 27.4. The summed E-state index contributed by atoms with van der Waals surface area (Å²) in [6.45, 7) is 4.98. The van der Waals surface area contributed by atoms with Gasteiger partial charge in [0, 0.05) is 30.7 Å². The second-order valence-corrected chi connectivity index (χ2v) is 11.1. The molecule has 0 radical (unpaired) electrons. The SMILES string of the molecule is CCNc1ccnc2sc3c(=O)n(C4CCCCC4)cnc3c12.CCc1ccc(-n2cncc(S)c2=O)cc1. The first-order valence-electron chi connectivity index (χ1n) is 13.4. The lowest BCUT2D eigenvalue weighted by atomic mass is 9.95. The van der Waals surface area contributed by atoms with Gasteiger partial charge >= 0.3 is 0 Å². The number of rotatable bonds is 5. The molecule has 0 aliphatic heterocycles. The summed E-state index contributed by atoms with van der Waals surface area (Å²) in [7, 11) is 0. The Morgan fingerprint density at radius 2 is 1.77 bits per heavy atom. The van der Waals surface area contributed by atoms with Crippen LogP contribution in [-0.2, 0) is 6.42 Å². The van der Waals surface area contributed by atoms with Crippen LogP contribution in [0.2, 0.25) is 0 Å². The maximum absolute atomic E-state index is 13.0. The van der Waals surface area contributed by atoms with Gasteiger partial charge in [-0.1, -0.05) is 38.3 Å². The minimum Gasteiger partial charge on any atom is -0.385 e. The Labute approximate surface area is 236 Å². The van der Waals surface area contributed by atoms with Crippen molar-refractivity contribution in [1.29, 1.82) is 0 Å². The van der Waals surface area contributed by atoms with Gasteiger partial charge < -0.3 is 5.32 Å². The second-order valence-electron chi connectivity index (χ2n) is 9.57. The molecule has 0 saturated heterocycles. The predicted molar refractivity (Wildman–Crippen MR) is 162 cm³/mol. The number of nitrogens with one attached hydrogen (secondary N) is 1. The van der Waals surface area contributed by atoms with Crippen molar-refractivity contribution in [2.24, 2.45) is 0 Å². The molecule has 0 unspecified atom stereocenters. The highest BCUT2D eigenvalue weighted by molar-refractivity contribution is 7.80. The van der Waals surface area contributed by atoms with Crippen LogP contribution in [0, 0.1) is 0 Å². The fourth-order valence-corrected chi connectivity index (χ4v) is 6.23. The third-order valence-corrected chi connectivity index (χ3v) is 8.46. The summed E-state index contributed by atoms with van der Waals surface area (Å²) in [5, 5.41) is 4.32. The van der Waals surface area contributed by atoms with Crippen LogP contribution in [0.3, 0.4) is 0 Å². The second kappa shape index (κ2) is 12.1. The first kappa shape index (κ1) is 27.1. The van der Waals surface area contributed by atoms with Crippen molar-refractivity contribution < 1.29 is 0 Å². The average Bonchev–Trinajstić information content (AvgIpc) is 3.36. The molecule has 1 aromatic carbocycles. The van der Waals surface area contributed by atoms with Crippen LogP contribution >= 0.6 is 24.0 Å². The Hall–Kier alpha value is -3.50. The molecule has 1 aliphatic rings. The summed E-state index contributed by atoms with van der Waals surface area (Å²) in [6, 6.07) is 10.1. The normalized spacial score (nSPS) is 13.8. The number of thiophene rings is 1. The molecule has 202 valence electrons. The number of aromatic nitrogens is 5. The molecule has 4 aromatic heterocycles. The Morgan fingerprint density at radius 1 is 1.00 bits per heavy atom. The van der Waals surface area contributed by atoms with Gasteiger partial charge in [-0.05, 0) is 49.9 Å². The van der Waals surface area contributed by atoms with Crippen molar-refractivity contribution in [3.05, 3.63) is 81.7 Å². The van der Waals surface area contributed by atoms with E-state index in [9.17, 15) is 9.59 Å². The van der Waals surface area contributed by atoms with Crippen molar-refractivity contribution in [1.82, 2.24) is 24.1 Å². The largest absolute Gasteiger partial charge is 0.385 e. The van der Waals surface area contributed by atoms with E-state index in [0.29, 0.717) is 10.9 Å². The first-order valence-corrected chi connectivity index (χ1v) is 14.6. The molecule has 1 fully saturated rings. The summed E-state index contributed by atoms with van der Waals surface area (Å²) < 4.78 is 4.07. The highest BCUT2D eigenvalue weighted by Crippen LogP contribution is 2.35. The molecule has 0 atom stereocenters. The minimum atomic E-state index is -0.150. The van der Waals surface area contributed by atoms with Crippen molar-refractivity contribution in [2.75, 3.05) is 11.9 Å². The van der Waals surface area contributed by atoms with Gasteiger partial charge in [-0.15, -0.1) is 24.0 Å². The van der Waals surface area contributed by atoms with Crippen molar-refractivity contribution in [3.8, 4) is 5.69 Å². The van der Waals surface area contributed by atoms with Gasteiger partial charge in [-0.25, -0.2) is 15.0 Å². The van der Waals surface area contributed by atoms with Crippen molar-refractivity contribution in [2.45, 2.75) is 63.3 Å². The maximum Gasteiger partial charge on any atom is 0.271 e. The van der Waals surface area contributed by atoms with E-state index in [1.165, 1.54) is 53.3 Å². The molecule has 1 saturated carbocycles. The maximum atomic E-state index is 13.0. The van der Waals surface area contributed by atoms with Gasteiger partial charge in [0.15, 0.2) is 0 Å². The molecule has 8 nitrogen and oxygen atoms in total. The molecule has 4 heterocycles. The Kier molecular flexibility index (Phi) is 8.42. The fourth-order valence-electron chi connectivity index (χ4n) is 5.00. The van der Waals surface area contributed by atoms with Crippen LogP contribution in [0.1, 0.15) is 57.6 Å². The fraction of sp³-hybridized carbons (Fsp3) is 0.345. The van der Waals surface area contributed by atoms with Crippen molar-refractivity contribution in [3.63, 3.8) is 0 Å². The molecule has 6 rings (SSSR count). The molecule has 0 bridgehead atoms. The van der Waals surface area contributed by atoms with Gasteiger partial charge in [0.25, 0.3) is 11.1 Å². The number of nitrogens with zero attached hydrogens (tertiary/aromatic N) is 5. The summed E-state index contributed by atoms with van der Waals surface area (Å²) in [5.41, 5.74) is 3.78. The zero-order valence-corrected chi connectivity index (χ0v) is 23.8. The van der Waals surface area contributed by atoms with Gasteiger partial charge in [-0.3, -0.25) is 18.7 Å². The number of aryl methyl sites for hydroxylation is 1. The summed E-state index contributed by atoms with van der Waals surface area (Å²) in [4.78, 5) is 39.0. The average molecular weight is 561 g/mol. The standard InChI is InChI=1S/C17H20N4OS.C12H12N2OS/c1-2-18-12-8-9-19-16-13(12)14-15(23-16)17(22)21(10-20-14)11-6-4-3-5-7-11;1-2-9-3-5-10(6-4-9)14-8-13-7-11(16)12(14)15/h8-11H,2-7H2,1H3,(H,18,19);3-8,16H,2H2,1H3. The lowest BCUT2D eigenvalue weighted by Crippen LogP contribution is -2.26. The molecule has 0 amide bonds. The van der Waals surface area contributed by atoms with E-state index in [-0.39, 0.29) is 11.1 Å². The monoisotopic (exact) mass is 560 g/mol. The van der Waals surface area contributed by atoms with E-state index >= 15 is 0 Å². The number of benzene rings is 1. The van der Waals surface area contributed by atoms with Crippen LogP contribution in [-0.4, -0.2) is 30.6 Å². The predicted octanol–water partition coefficient (Wildman–Crippen LogP) is 6.03. The molecule has 39 heavy (non-hydrogen) atoms. The number of thiol groups is 1. The quantitative estimate of drug-likeness (QED) is 0.255. The summed E-state index contributed by atoms with van der Waals surface area (Å²) >= 11 is 5.52. The number of fused-ring (bicyclic) bond motifs is 3. The first-order chi connectivity index (χ1) is 19.0. The van der Waals surface area contributed by atoms with Crippen molar-refractivity contribution >= 4 is 50.1 Å². The molecule has 10 heteroatoms. The third kappa shape index (κ3) is 5.62.